The summed E-state index contributed by atoms with van der Waals surface area (Å²) >= 11 is 0. The lowest BCUT2D eigenvalue weighted by Crippen LogP contribution is -2.47. The Morgan fingerprint density at radius 3 is 2.15 bits per heavy atom. The molecule has 1 N–H and O–H groups in total. The molecule has 1 fully saturated rings. The fraction of sp³-hybridized carbons (Fsp3) is 0.333. The maximum atomic E-state index is 12.9. The highest BCUT2D eigenvalue weighted by Crippen LogP contribution is 2.10. The highest BCUT2D eigenvalue weighted by molar-refractivity contribution is 5.94. The van der Waals surface area contributed by atoms with Crippen molar-refractivity contribution in [1.82, 2.24) is 15.1 Å². The first-order valence-corrected chi connectivity index (χ1v) is 9.09. The third-order valence-corrected chi connectivity index (χ3v) is 4.76. The van der Waals surface area contributed by atoms with E-state index in [0.717, 1.165) is 37.3 Å². The Balaban J connectivity index is 1.49. The molecule has 1 heterocycles. The van der Waals surface area contributed by atoms with Crippen LogP contribution in [0.3, 0.4) is 0 Å². The van der Waals surface area contributed by atoms with Crippen molar-refractivity contribution in [2.75, 3.05) is 33.2 Å². The highest BCUT2D eigenvalue weighted by Gasteiger charge is 2.20. The zero-order valence-corrected chi connectivity index (χ0v) is 15.5. The smallest absolute Gasteiger partial charge is 0.253 e. The molecule has 0 saturated carbocycles. The van der Waals surface area contributed by atoms with E-state index in [1.807, 2.05) is 29.2 Å². The predicted molar refractivity (Wildman–Crippen MR) is 102 cm³/mol. The van der Waals surface area contributed by atoms with Gasteiger partial charge in [-0.15, -0.1) is 0 Å². The van der Waals surface area contributed by atoms with Gasteiger partial charge in [-0.05, 0) is 42.4 Å². The number of nitrogens with zero attached hydrogens (tertiary/aromatic N) is 2. The molecule has 3 rings (SSSR count). The molecule has 0 aliphatic carbocycles. The molecule has 0 radical (unpaired) electrons. The van der Waals surface area contributed by atoms with E-state index in [0.29, 0.717) is 12.1 Å². The zero-order valence-electron chi connectivity index (χ0n) is 15.5. The second kappa shape index (κ2) is 8.77. The second-order valence-electron chi connectivity index (χ2n) is 6.87. The van der Waals surface area contributed by atoms with Crippen LogP contribution in [-0.4, -0.2) is 54.8 Å². The molecule has 0 bridgehead atoms. The lowest BCUT2D eigenvalue weighted by atomic mass is 10.1. The topological polar surface area (TPSA) is 52.6 Å². The standard InChI is InChI=1S/C21H24FN3O2/c1-24-10-12-25(13-11-24)21(27)18-6-2-17(3-7-18)15-23-20(26)14-16-4-8-19(22)9-5-16/h2-9H,10-15H2,1H3,(H,23,26). The molecule has 0 spiro atoms. The minimum absolute atomic E-state index is 0.0509. The van der Waals surface area contributed by atoms with Crippen LogP contribution in [0.4, 0.5) is 4.39 Å². The molecule has 5 nitrogen and oxygen atoms in total. The molecule has 2 aromatic carbocycles. The van der Waals surface area contributed by atoms with Crippen molar-refractivity contribution >= 4 is 11.8 Å². The Kier molecular flexibility index (Phi) is 6.19. The van der Waals surface area contributed by atoms with E-state index in [1.165, 1.54) is 12.1 Å². The van der Waals surface area contributed by atoms with Gasteiger partial charge in [-0.2, -0.15) is 0 Å². The fourth-order valence-electron chi connectivity index (χ4n) is 3.01. The summed E-state index contributed by atoms with van der Waals surface area (Å²) < 4.78 is 12.9. The SMILES string of the molecule is CN1CCN(C(=O)c2ccc(CNC(=O)Cc3ccc(F)cc3)cc2)CC1. The van der Waals surface area contributed by atoms with E-state index in [1.54, 1.807) is 12.1 Å². The molecule has 0 atom stereocenters. The Morgan fingerprint density at radius 1 is 0.926 bits per heavy atom. The highest BCUT2D eigenvalue weighted by atomic mass is 19.1. The first-order valence-electron chi connectivity index (χ1n) is 9.09. The van der Waals surface area contributed by atoms with E-state index in [-0.39, 0.29) is 24.1 Å². The lowest BCUT2D eigenvalue weighted by Gasteiger charge is -2.32. The molecular formula is C21H24FN3O2. The van der Waals surface area contributed by atoms with Crippen molar-refractivity contribution in [3.05, 3.63) is 71.0 Å². The van der Waals surface area contributed by atoms with Gasteiger partial charge >= 0.3 is 0 Å². The van der Waals surface area contributed by atoms with Crippen molar-refractivity contribution < 1.29 is 14.0 Å². The number of rotatable bonds is 5. The molecule has 0 unspecified atom stereocenters. The van der Waals surface area contributed by atoms with Crippen LogP contribution in [0.2, 0.25) is 0 Å². The Hall–Kier alpha value is -2.73. The van der Waals surface area contributed by atoms with Gasteiger partial charge in [0.2, 0.25) is 5.91 Å². The van der Waals surface area contributed by atoms with Crippen LogP contribution in [0.5, 0.6) is 0 Å². The molecule has 142 valence electrons. The van der Waals surface area contributed by atoms with Crippen molar-refractivity contribution in [2.24, 2.45) is 0 Å². The van der Waals surface area contributed by atoms with Gasteiger partial charge in [-0.25, -0.2) is 4.39 Å². The fourth-order valence-corrected chi connectivity index (χ4v) is 3.01. The minimum Gasteiger partial charge on any atom is -0.352 e. The van der Waals surface area contributed by atoms with Gasteiger partial charge in [-0.3, -0.25) is 9.59 Å². The van der Waals surface area contributed by atoms with Gasteiger partial charge in [0.1, 0.15) is 5.82 Å². The number of likely N-dealkylation sites (N-methyl/N-ethyl adjacent to an activating group) is 1. The molecule has 2 amide bonds. The predicted octanol–water partition coefficient (Wildman–Crippen LogP) is 2.07. The number of benzene rings is 2. The molecule has 1 saturated heterocycles. The largest absolute Gasteiger partial charge is 0.352 e. The van der Waals surface area contributed by atoms with Gasteiger partial charge in [0.25, 0.3) is 5.91 Å². The van der Waals surface area contributed by atoms with E-state index < -0.39 is 0 Å². The van der Waals surface area contributed by atoms with Gasteiger partial charge in [0, 0.05) is 38.3 Å². The number of carbonyl (C=O) groups excluding carboxylic acids is 2. The summed E-state index contributed by atoms with van der Waals surface area (Å²) in [6, 6.07) is 13.2. The van der Waals surface area contributed by atoms with Gasteiger partial charge in [0.15, 0.2) is 0 Å². The molecule has 6 heteroatoms. The van der Waals surface area contributed by atoms with Gasteiger partial charge in [-0.1, -0.05) is 24.3 Å². The number of hydrogen-bond donors (Lipinski definition) is 1. The summed E-state index contributed by atoms with van der Waals surface area (Å²) in [5, 5.41) is 2.85. The summed E-state index contributed by atoms with van der Waals surface area (Å²) in [7, 11) is 2.06. The van der Waals surface area contributed by atoms with Crippen LogP contribution in [0.1, 0.15) is 21.5 Å². The molecule has 27 heavy (non-hydrogen) atoms. The molecular weight excluding hydrogens is 345 g/mol. The Labute approximate surface area is 158 Å². The van der Waals surface area contributed by atoms with Crippen molar-refractivity contribution in [1.29, 1.82) is 0 Å². The van der Waals surface area contributed by atoms with E-state index in [4.69, 9.17) is 0 Å². The number of nitrogens with one attached hydrogen (secondary N) is 1. The average molecular weight is 369 g/mol. The zero-order chi connectivity index (χ0) is 19.2. The molecule has 1 aliphatic rings. The Bertz CT molecular complexity index is 782. The van der Waals surface area contributed by atoms with Crippen LogP contribution in [0, 0.1) is 5.82 Å². The summed E-state index contributed by atoms with van der Waals surface area (Å²) in [6.07, 6.45) is 0.209. The van der Waals surface area contributed by atoms with Crippen molar-refractivity contribution in [3.63, 3.8) is 0 Å². The lowest BCUT2D eigenvalue weighted by molar-refractivity contribution is -0.120. The summed E-state index contributed by atoms with van der Waals surface area (Å²) in [5.41, 5.74) is 2.36. The summed E-state index contributed by atoms with van der Waals surface area (Å²) in [6.45, 7) is 3.67. The van der Waals surface area contributed by atoms with Crippen LogP contribution >= 0.6 is 0 Å². The maximum Gasteiger partial charge on any atom is 0.253 e. The molecule has 0 aromatic heterocycles. The Morgan fingerprint density at radius 2 is 1.52 bits per heavy atom. The third kappa shape index (κ3) is 5.37. The number of piperazine rings is 1. The number of hydrogen-bond acceptors (Lipinski definition) is 3. The van der Waals surface area contributed by atoms with Crippen LogP contribution in [-0.2, 0) is 17.8 Å². The van der Waals surface area contributed by atoms with Gasteiger partial charge in [0.05, 0.1) is 6.42 Å². The van der Waals surface area contributed by atoms with E-state index >= 15 is 0 Å². The van der Waals surface area contributed by atoms with E-state index in [9.17, 15) is 14.0 Å². The normalized spacial score (nSPS) is 14.8. The average Bonchev–Trinajstić information content (AvgIpc) is 2.69. The quantitative estimate of drug-likeness (QED) is 0.878. The van der Waals surface area contributed by atoms with Crippen molar-refractivity contribution in [2.45, 2.75) is 13.0 Å². The monoisotopic (exact) mass is 369 g/mol. The second-order valence-corrected chi connectivity index (χ2v) is 6.87. The van der Waals surface area contributed by atoms with Crippen LogP contribution in [0.15, 0.2) is 48.5 Å². The number of carbonyl (C=O) groups is 2. The van der Waals surface area contributed by atoms with Crippen LogP contribution in [0.25, 0.3) is 0 Å². The molecule has 1 aliphatic heterocycles. The third-order valence-electron chi connectivity index (χ3n) is 4.76. The number of amides is 2. The first-order chi connectivity index (χ1) is 13.0. The van der Waals surface area contributed by atoms with Gasteiger partial charge < -0.3 is 15.1 Å². The number of halogens is 1. The van der Waals surface area contributed by atoms with Crippen LogP contribution < -0.4 is 5.32 Å². The van der Waals surface area contributed by atoms with E-state index in [2.05, 4.69) is 17.3 Å². The summed E-state index contributed by atoms with van der Waals surface area (Å²) in [4.78, 5) is 28.6. The van der Waals surface area contributed by atoms with Crippen molar-refractivity contribution in [3.8, 4) is 0 Å². The summed E-state index contributed by atoms with van der Waals surface area (Å²) in [5.74, 6) is -0.389. The first kappa shape index (κ1) is 19.0. The maximum absolute atomic E-state index is 12.9. The molecule has 2 aromatic rings. The minimum atomic E-state index is -0.314.